The van der Waals surface area contributed by atoms with Gasteiger partial charge >= 0.3 is 5.97 Å². The monoisotopic (exact) mass is 270 g/mol. The van der Waals surface area contributed by atoms with Crippen LogP contribution in [-0.4, -0.2) is 28.0 Å². The molecule has 0 bridgehead atoms. The summed E-state index contributed by atoms with van der Waals surface area (Å²) in [5, 5.41) is 11.6. The Morgan fingerprint density at radius 3 is 2.61 bits per heavy atom. The number of carbonyl (C=O) groups is 2. The highest BCUT2D eigenvalue weighted by Gasteiger charge is 2.23. The third-order valence-corrected chi connectivity index (χ3v) is 3.04. The number of carboxylic acid groups (broad SMARTS) is 1. The van der Waals surface area contributed by atoms with Gasteiger partial charge in [-0.2, -0.15) is 0 Å². The van der Waals surface area contributed by atoms with Crippen LogP contribution in [0.15, 0.2) is 11.7 Å². The standard InChI is InChI=1S/C12H18N2O3S/c1-12(2,3)5-8(4-10(15)16)14-11(17)9-6-13-7-18-9/h6-8H,4-5H2,1-3H3,(H,14,17)(H,15,16). The number of amides is 1. The van der Waals surface area contributed by atoms with Crippen LogP contribution in [0.25, 0.3) is 0 Å². The topological polar surface area (TPSA) is 79.3 Å². The molecule has 0 aliphatic rings. The summed E-state index contributed by atoms with van der Waals surface area (Å²) >= 11 is 1.24. The molecule has 0 radical (unpaired) electrons. The predicted molar refractivity (Wildman–Crippen MR) is 69.7 cm³/mol. The molecule has 2 N–H and O–H groups in total. The first-order valence-electron chi connectivity index (χ1n) is 5.69. The Labute approximate surface area is 110 Å². The first kappa shape index (κ1) is 14.6. The van der Waals surface area contributed by atoms with Crippen LogP contribution >= 0.6 is 11.3 Å². The number of thiazole rings is 1. The fourth-order valence-corrected chi connectivity index (χ4v) is 2.23. The molecule has 0 spiro atoms. The predicted octanol–water partition coefficient (Wildman–Crippen LogP) is 2.15. The molecule has 0 saturated carbocycles. The highest BCUT2D eigenvalue weighted by molar-refractivity contribution is 7.11. The lowest BCUT2D eigenvalue weighted by molar-refractivity contribution is -0.137. The van der Waals surface area contributed by atoms with Crippen molar-refractivity contribution in [2.45, 2.75) is 39.7 Å². The second-order valence-corrected chi connectivity index (χ2v) is 6.29. The molecule has 1 aromatic rings. The molecule has 0 fully saturated rings. The number of rotatable bonds is 5. The molecule has 0 aliphatic carbocycles. The molecule has 0 aromatic carbocycles. The molecule has 6 heteroatoms. The Morgan fingerprint density at radius 2 is 2.17 bits per heavy atom. The van der Waals surface area contributed by atoms with Crippen molar-refractivity contribution < 1.29 is 14.7 Å². The summed E-state index contributed by atoms with van der Waals surface area (Å²) in [5.74, 6) is -1.16. The van der Waals surface area contributed by atoms with Gasteiger partial charge in [0.1, 0.15) is 4.88 Å². The van der Waals surface area contributed by atoms with Crippen LogP contribution in [0, 0.1) is 5.41 Å². The molecular weight excluding hydrogens is 252 g/mol. The smallest absolute Gasteiger partial charge is 0.305 e. The molecule has 0 aliphatic heterocycles. The fourth-order valence-electron chi connectivity index (χ4n) is 1.71. The molecule has 1 amide bonds. The normalized spacial score (nSPS) is 13.1. The summed E-state index contributed by atoms with van der Waals surface area (Å²) in [6, 6.07) is -0.364. The van der Waals surface area contributed by atoms with Gasteiger partial charge in [0, 0.05) is 6.04 Å². The van der Waals surface area contributed by atoms with Gasteiger partial charge in [-0.1, -0.05) is 20.8 Å². The molecular formula is C12H18N2O3S. The van der Waals surface area contributed by atoms with E-state index in [1.807, 2.05) is 20.8 Å². The fraction of sp³-hybridized carbons (Fsp3) is 0.583. The number of hydrogen-bond acceptors (Lipinski definition) is 4. The van der Waals surface area contributed by atoms with Gasteiger partial charge in [0.15, 0.2) is 0 Å². The van der Waals surface area contributed by atoms with E-state index >= 15 is 0 Å². The Kier molecular flexibility index (Phi) is 4.84. The second-order valence-electron chi connectivity index (χ2n) is 5.40. The van der Waals surface area contributed by atoms with E-state index in [0.29, 0.717) is 11.3 Å². The summed E-state index contributed by atoms with van der Waals surface area (Å²) in [6.45, 7) is 6.04. The number of nitrogens with one attached hydrogen (secondary N) is 1. The molecule has 1 unspecified atom stereocenters. The van der Waals surface area contributed by atoms with Crippen molar-refractivity contribution in [3.8, 4) is 0 Å². The molecule has 1 heterocycles. The maximum Gasteiger partial charge on any atom is 0.305 e. The average molecular weight is 270 g/mol. The Morgan fingerprint density at radius 1 is 1.50 bits per heavy atom. The minimum absolute atomic E-state index is 0.0406. The summed E-state index contributed by atoms with van der Waals surface area (Å²) in [5.41, 5.74) is 1.53. The lowest BCUT2D eigenvalue weighted by atomic mass is 9.87. The van der Waals surface area contributed by atoms with Gasteiger partial charge in [-0.05, 0) is 11.8 Å². The van der Waals surface area contributed by atoms with Gasteiger partial charge in [0.2, 0.25) is 0 Å². The van der Waals surface area contributed by atoms with Crippen LogP contribution in [0.5, 0.6) is 0 Å². The third kappa shape index (κ3) is 5.27. The summed E-state index contributed by atoms with van der Waals surface area (Å²) in [7, 11) is 0. The number of nitrogens with zero attached hydrogens (tertiary/aromatic N) is 1. The lowest BCUT2D eigenvalue weighted by Gasteiger charge is -2.25. The number of aliphatic carboxylic acids is 1. The molecule has 5 nitrogen and oxygen atoms in total. The SMILES string of the molecule is CC(C)(C)CC(CC(=O)O)NC(=O)c1cncs1. The van der Waals surface area contributed by atoms with Crippen molar-refractivity contribution >= 4 is 23.2 Å². The average Bonchev–Trinajstić information content (AvgIpc) is 2.65. The van der Waals surface area contributed by atoms with Crippen LogP contribution in [0.1, 0.15) is 43.3 Å². The second kappa shape index (κ2) is 5.95. The van der Waals surface area contributed by atoms with E-state index in [1.54, 1.807) is 5.51 Å². The Hall–Kier alpha value is -1.43. The van der Waals surface area contributed by atoms with Crippen molar-refractivity contribution in [1.82, 2.24) is 10.3 Å². The number of carboxylic acids is 1. The molecule has 100 valence electrons. The van der Waals surface area contributed by atoms with Gasteiger partial charge < -0.3 is 10.4 Å². The highest BCUT2D eigenvalue weighted by atomic mass is 32.1. The Bertz CT molecular complexity index is 409. The van der Waals surface area contributed by atoms with Crippen molar-refractivity contribution in [2.75, 3.05) is 0 Å². The van der Waals surface area contributed by atoms with E-state index in [9.17, 15) is 9.59 Å². The number of aromatic nitrogens is 1. The van der Waals surface area contributed by atoms with Crippen molar-refractivity contribution in [3.63, 3.8) is 0 Å². The summed E-state index contributed by atoms with van der Waals surface area (Å²) < 4.78 is 0. The van der Waals surface area contributed by atoms with Crippen LogP contribution in [0.2, 0.25) is 0 Å². The number of hydrogen-bond donors (Lipinski definition) is 2. The van der Waals surface area contributed by atoms with Crippen molar-refractivity contribution in [2.24, 2.45) is 5.41 Å². The van der Waals surface area contributed by atoms with Crippen molar-refractivity contribution in [3.05, 3.63) is 16.6 Å². The molecule has 1 rings (SSSR count). The molecule has 0 saturated heterocycles. The first-order chi connectivity index (χ1) is 8.28. The van der Waals surface area contributed by atoms with Crippen LogP contribution in [0.4, 0.5) is 0 Å². The van der Waals surface area contributed by atoms with E-state index in [0.717, 1.165) is 0 Å². The Balaban J connectivity index is 2.66. The van der Waals surface area contributed by atoms with Gasteiger partial charge in [-0.15, -0.1) is 11.3 Å². The summed E-state index contributed by atoms with van der Waals surface area (Å²) in [6.07, 6.45) is 2.03. The zero-order valence-corrected chi connectivity index (χ0v) is 11.6. The van der Waals surface area contributed by atoms with Gasteiger partial charge in [0.25, 0.3) is 5.91 Å². The van der Waals surface area contributed by atoms with E-state index < -0.39 is 5.97 Å². The van der Waals surface area contributed by atoms with E-state index in [2.05, 4.69) is 10.3 Å². The maximum atomic E-state index is 11.8. The first-order valence-corrected chi connectivity index (χ1v) is 6.57. The van der Waals surface area contributed by atoms with E-state index in [1.165, 1.54) is 17.5 Å². The lowest BCUT2D eigenvalue weighted by Crippen LogP contribution is -2.38. The minimum atomic E-state index is -0.908. The van der Waals surface area contributed by atoms with Gasteiger partial charge in [-0.3, -0.25) is 14.6 Å². The molecule has 1 atom stereocenters. The number of carbonyl (C=O) groups excluding carboxylic acids is 1. The maximum absolute atomic E-state index is 11.8. The van der Waals surface area contributed by atoms with Crippen LogP contribution in [-0.2, 0) is 4.79 Å². The van der Waals surface area contributed by atoms with Crippen molar-refractivity contribution in [1.29, 1.82) is 0 Å². The molecule has 18 heavy (non-hydrogen) atoms. The minimum Gasteiger partial charge on any atom is -0.481 e. The zero-order valence-electron chi connectivity index (χ0n) is 10.8. The quantitative estimate of drug-likeness (QED) is 0.859. The van der Waals surface area contributed by atoms with E-state index in [4.69, 9.17) is 5.11 Å². The zero-order chi connectivity index (χ0) is 13.8. The van der Waals surface area contributed by atoms with Crippen LogP contribution in [0.3, 0.4) is 0 Å². The molecule has 1 aromatic heterocycles. The van der Waals surface area contributed by atoms with Crippen LogP contribution < -0.4 is 5.32 Å². The van der Waals surface area contributed by atoms with E-state index in [-0.39, 0.29) is 23.8 Å². The van der Waals surface area contributed by atoms with Gasteiger partial charge in [-0.25, -0.2) is 0 Å². The summed E-state index contributed by atoms with van der Waals surface area (Å²) in [4.78, 5) is 27.0. The van der Waals surface area contributed by atoms with Gasteiger partial charge in [0.05, 0.1) is 18.1 Å². The third-order valence-electron chi connectivity index (χ3n) is 2.27. The largest absolute Gasteiger partial charge is 0.481 e. The highest BCUT2D eigenvalue weighted by Crippen LogP contribution is 2.22.